The van der Waals surface area contributed by atoms with Gasteiger partial charge in [-0.15, -0.1) is 13.2 Å². The number of carbonyl (C=O) groups excluding carboxylic acids is 4. The fourth-order valence-corrected chi connectivity index (χ4v) is 5.50. The van der Waals surface area contributed by atoms with E-state index in [0.717, 1.165) is 6.42 Å². The van der Waals surface area contributed by atoms with Crippen molar-refractivity contribution in [1.29, 1.82) is 0 Å². The number of ketones is 2. The Bertz CT molecular complexity index is 1060. The van der Waals surface area contributed by atoms with Crippen LogP contribution in [0.4, 0.5) is 9.59 Å². The van der Waals surface area contributed by atoms with Crippen LogP contribution in [-0.2, 0) is 28.5 Å². The zero-order valence-electron chi connectivity index (χ0n) is 26.9. The van der Waals surface area contributed by atoms with Gasteiger partial charge in [-0.25, -0.2) is 9.59 Å². The molecule has 3 aliphatic rings. The van der Waals surface area contributed by atoms with Crippen LogP contribution >= 0.6 is 0 Å². The number of allylic oxidation sites excluding steroid dienone is 2. The summed E-state index contributed by atoms with van der Waals surface area (Å²) >= 11 is 0. The lowest BCUT2D eigenvalue weighted by atomic mass is 9.96. The Morgan fingerprint density at radius 1 is 0.864 bits per heavy atom. The average Bonchev–Trinajstić information content (AvgIpc) is 3.39. The van der Waals surface area contributed by atoms with Crippen LogP contribution in [0.3, 0.4) is 0 Å². The number of amides is 2. The van der Waals surface area contributed by atoms with Gasteiger partial charge in [-0.3, -0.25) is 19.4 Å². The molecule has 3 aliphatic heterocycles. The van der Waals surface area contributed by atoms with E-state index in [1.807, 2.05) is 12.2 Å². The number of aliphatic hydroxyl groups is 2. The predicted octanol–water partition coefficient (Wildman–Crippen LogP) is 3.06. The smallest absolute Gasteiger partial charge is 0.411 e. The summed E-state index contributed by atoms with van der Waals surface area (Å²) < 4.78 is 22.2. The Morgan fingerprint density at radius 2 is 1.41 bits per heavy atom. The highest BCUT2D eigenvalue weighted by atomic mass is 16.6. The van der Waals surface area contributed by atoms with Crippen LogP contribution in [0.15, 0.2) is 37.5 Å². The molecule has 0 saturated carbocycles. The maximum atomic E-state index is 12.4. The molecule has 2 fully saturated rings. The highest BCUT2D eigenvalue weighted by molar-refractivity contribution is 5.90. The summed E-state index contributed by atoms with van der Waals surface area (Å²) in [5.74, 6) is -0.899. The van der Waals surface area contributed by atoms with Crippen molar-refractivity contribution in [3.05, 3.63) is 37.5 Å². The first-order valence-corrected chi connectivity index (χ1v) is 14.9. The van der Waals surface area contributed by atoms with Crippen molar-refractivity contribution in [3.63, 3.8) is 0 Å². The third kappa shape index (κ3) is 10.3. The fraction of sp³-hybridized carbons (Fsp3) is 0.688. The van der Waals surface area contributed by atoms with Crippen LogP contribution in [0, 0.1) is 11.8 Å². The van der Waals surface area contributed by atoms with Crippen molar-refractivity contribution >= 4 is 23.8 Å². The molecule has 12 heteroatoms. The third-order valence-electron chi connectivity index (χ3n) is 7.18. The Kier molecular flexibility index (Phi) is 13.8. The number of likely N-dealkylation sites (tertiary alicyclic amines) is 2. The molecule has 0 aromatic carbocycles. The van der Waals surface area contributed by atoms with E-state index in [1.165, 1.54) is 9.80 Å². The van der Waals surface area contributed by atoms with Gasteiger partial charge in [0.1, 0.15) is 36.5 Å². The van der Waals surface area contributed by atoms with E-state index in [9.17, 15) is 29.4 Å². The zero-order chi connectivity index (χ0) is 33.2. The van der Waals surface area contributed by atoms with Gasteiger partial charge >= 0.3 is 12.2 Å². The van der Waals surface area contributed by atoms with E-state index < -0.39 is 66.4 Å². The topological polar surface area (TPSA) is 152 Å². The van der Waals surface area contributed by atoms with E-state index >= 15 is 0 Å². The molecule has 0 bridgehead atoms. The lowest BCUT2D eigenvalue weighted by molar-refractivity contribution is -0.130. The molecule has 2 amide bonds. The van der Waals surface area contributed by atoms with Crippen LogP contribution in [0.5, 0.6) is 0 Å². The highest BCUT2D eigenvalue weighted by Gasteiger charge is 2.50. The summed E-state index contributed by atoms with van der Waals surface area (Å²) in [5.41, 5.74) is -1.30. The average molecular weight is 623 g/mol. The van der Waals surface area contributed by atoms with Crippen molar-refractivity contribution in [2.24, 2.45) is 11.8 Å². The molecular weight excluding hydrogens is 572 g/mol. The van der Waals surface area contributed by atoms with Gasteiger partial charge in [0.15, 0.2) is 11.6 Å². The number of ether oxygens (including phenoxy) is 4. The molecule has 0 aliphatic carbocycles. The minimum Gasteiger partial charge on any atom is -0.444 e. The minimum atomic E-state index is -0.861. The van der Waals surface area contributed by atoms with Crippen LogP contribution in [0.25, 0.3) is 0 Å². The quantitative estimate of drug-likeness (QED) is 0.367. The van der Waals surface area contributed by atoms with Gasteiger partial charge in [0, 0.05) is 24.9 Å². The SMILES string of the molecule is C=CCO[C@@H]1[C@@H](CC=C)CN(C(=O)OC(C)(C)C)[C@@H]1C(=O)CO.CC(C)(C)OC(=O)N1C[C@@H]2CC=CCO[C@H]2[C@H]1C(=O)CO. The van der Waals surface area contributed by atoms with Crippen LogP contribution in [0.1, 0.15) is 54.4 Å². The number of Topliss-reactive ketones (excluding diaryl/α,β-unsaturated/α-hetero) is 2. The van der Waals surface area contributed by atoms with E-state index in [0.29, 0.717) is 26.1 Å². The molecule has 0 aromatic rings. The van der Waals surface area contributed by atoms with Crippen molar-refractivity contribution in [1.82, 2.24) is 9.80 Å². The molecule has 248 valence electrons. The number of fused-ring (bicyclic) bond motifs is 1. The minimum absolute atomic E-state index is 0.0526. The summed E-state index contributed by atoms with van der Waals surface area (Å²) in [6.45, 7) is 18.1. The molecular formula is C32H50N2O10. The first kappa shape index (κ1) is 37.1. The standard InChI is InChI=1S/C17H27NO5.C15H23NO5/c1-6-8-12-10-18(16(21)23-17(3,4)5)14(13(20)11-19)15(12)22-9-7-2;1-15(2,3)21-14(19)16-8-10-6-4-5-7-20-13(10)12(16)11(18)9-17/h6-7,12,14-15,19H,1-2,8-11H2,3-5H3;4-5,10,12-13,17H,6-9H2,1-3H3/t12-,14+,15+;10-,12+,13+/m00/s1. The lowest BCUT2D eigenvalue weighted by Gasteiger charge is -2.29. The highest BCUT2D eigenvalue weighted by Crippen LogP contribution is 2.33. The summed E-state index contributed by atoms with van der Waals surface area (Å²) in [6, 6.07) is -1.63. The first-order valence-electron chi connectivity index (χ1n) is 14.9. The first-order chi connectivity index (χ1) is 20.6. The van der Waals surface area contributed by atoms with Gasteiger partial charge in [-0.1, -0.05) is 24.3 Å². The summed E-state index contributed by atoms with van der Waals surface area (Å²) in [7, 11) is 0. The molecule has 3 heterocycles. The Morgan fingerprint density at radius 3 is 1.91 bits per heavy atom. The van der Waals surface area contributed by atoms with Crippen molar-refractivity contribution in [3.8, 4) is 0 Å². The van der Waals surface area contributed by atoms with Gasteiger partial charge in [0.05, 0.1) is 25.4 Å². The van der Waals surface area contributed by atoms with Crippen LogP contribution < -0.4 is 0 Å². The van der Waals surface area contributed by atoms with Crippen molar-refractivity contribution in [2.75, 3.05) is 39.5 Å². The lowest BCUT2D eigenvalue weighted by Crippen LogP contribution is -2.48. The molecule has 2 saturated heterocycles. The fourth-order valence-electron chi connectivity index (χ4n) is 5.50. The Labute approximate surface area is 260 Å². The Hall–Kier alpha value is -3.06. The number of carbonyl (C=O) groups is 4. The van der Waals surface area contributed by atoms with Crippen molar-refractivity contribution < 1.29 is 48.3 Å². The molecule has 6 atom stereocenters. The van der Waals surface area contributed by atoms with Gasteiger partial charge < -0.3 is 29.2 Å². The number of aliphatic hydroxyl groups excluding tert-OH is 2. The van der Waals surface area contributed by atoms with Gasteiger partial charge in [0.25, 0.3) is 0 Å². The van der Waals surface area contributed by atoms with Crippen LogP contribution in [0.2, 0.25) is 0 Å². The Balaban J connectivity index is 0.000000308. The predicted molar refractivity (Wildman–Crippen MR) is 163 cm³/mol. The molecule has 0 radical (unpaired) electrons. The summed E-state index contributed by atoms with van der Waals surface area (Å²) in [6.07, 6.45) is 6.56. The molecule has 12 nitrogen and oxygen atoms in total. The van der Waals surface area contributed by atoms with Crippen LogP contribution in [-0.4, -0.2) is 119 Å². The number of rotatable bonds is 9. The van der Waals surface area contributed by atoms with E-state index in [1.54, 1.807) is 53.7 Å². The normalized spacial score (nSPS) is 26.5. The van der Waals surface area contributed by atoms with Gasteiger partial charge in [-0.05, 0) is 54.4 Å². The third-order valence-corrected chi connectivity index (χ3v) is 7.18. The molecule has 3 rings (SSSR count). The molecule has 0 aromatic heterocycles. The number of hydrogen-bond donors (Lipinski definition) is 2. The number of nitrogens with zero attached hydrogens (tertiary/aromatic N) is 2. The zero-order valence-corrected chi connectivity index (χ0v) is 26.9. The maximum absolute atomic E-state index is 12.4. The van der Waals surface area contributed by atoms with E-state index in [4.69, 9.17) is 18.9 Å². The van der Waals surface area contributed by atoms with Gasteiger partial charge in [0.2, 0.25) is 0 Å². The second kappa shape index (κ2) is 16.3. The van der Waals surface area contributed by atoms with E-state index in [-0.39, 0.29) is 24.5 Å². The second-order valence-electron chi connectivity index (χ2n) is 13.0. The number of hydrogen-bond acceptors (Lipinski definition) is 10. The largest absolute Gasteiger partial charge is 0.444 e. The summed E-state index contributed by atoms with van der Waals surface area (Å²) in [4.78, 5) is 51.7. The molecule has 2 N–H and O–H groups in total. The molecule has 44 heavy (non-hydrogen) atoms. The monoisotopic (exact) mass is 622 g/mol. The molecule has 0 unspecified atom stereocenters. The molecule has 0 spiro atoms. The maximum Gasteiger partial charge on any atom is 0.411 e. The summed E-state index contributed by atoms with van der Waals surface area (Å²) in [5, 5.41) is 18.5. The van der Waals surface area contributed by atoms with Gasteiger partial charge in [-0.2, -0.15) is 0 Å². The second-order valence-corrected chi connectivity index (χ2v) is 13.0. The van der Waals surface area contributed by atoms with E-state index in [2.05, 4.69) is 13.2 Å². The van der Waals surface area contributed by atoms with Crippen molar-refractivity contribution in [2.45, 2.75) is 89.9 Å².